The molecule has 1 amide bonds. The van der Waals surface area contributed by atoms with Gasteiger partial charge in [0.25, 0.3) is 0 Å². The topological polar surface area (TPSA) is 83.0 Å². The van der Waals surface area contributed by atoms with E-state index in [1.807, 2.05) is 41.3 Å². The Morgan fingerprint density at radius 2 is 2.03 bits per heavy atom. The number of nitrogens with zero attached hydrogens (tertiary/aromatic N) is 3. The van der Waals surface area contributed by atoms with Crippen LogP contribution in [0.3, 0.4) is 0 Å². The Morgan fingerprint density at radius 1 is 1.16 bits per heavy atom. The van der Waals surface area contributed by atoms with Crippen LogP contribution < -0.4 is 14.2 Å². The maximum atomic E-state index is 12.7. The molecule has 1 atom stereocenters. The zero-order chi connectivity index (χ0) is 21.0. The van der Waals surface area contributed by atoms with E-state index >= 15 is 0 Å². The maximum absolute atomic E-state index is 12.7. The minimum atomic E-state index is -0.186. The lowest BCUT2D eigenvalue weighted by atomic mass is 10.2. The Balaban J connectivity index is 1.13. The summed E-state index contributed by atoms with van der Waals surface area (Å²) in [4.78, 5) is 23.5. The molecule has 8 nitrogen and oxygen atoms in total. The number of hydrogen-bond acceptors (Lipinski definition) is 8. The van der Waals surface area contributed by atoms with Crippen LogP contribution in [0.5, 0.6) is 17.2 Å². The number of morpholine rings is 1. The molecule has 3 aromatic rings. The van der Waals surface area contributed by atoms with Gasteiger partial charge in [0, 0.05) is 12.6 Å². The van der Waals surface area contributed by atoms with Crippen LogP contribution in [0, 0.1) is 0 Å². The Kier molecular flexibility index (Phi) is 5.77. The Morgan fingerprint density at radius 3 is 2.97 bits per heavy atom. The van der Waals surface area contributed by atoms with E-state index in [1.54, 1.807) is 12.3 Å². The predicted molar refractivity (Wildman–Crippen MR) is 115 cm³/mol. The second kappa shape index (κ2) is 8.99. The van der Waals surface area contributed by atoms with Crippen LogP contribution in [0.25, 0.3) is 11.0 Å². The first-order valence-electron chi connectivity index (χ1n) is 10.0. The molecule has 0 spiro atoms. The highest BCUT2D eigenvalue weighted by molar-refractivity contribution is 7.99. The van der Waals surface area contributed by atoms with Gasteiger partial charge in [-0.1, -0.05) is 23.9 Å². The van der Waals surface area contributed by atoms with E-state index in [0.29, 0.717) is 49.3 Å². The minimum Gasteiger partial charge on any atom is -0.491 e. The molecule has 9 heteroatoms. The molecule has 1 aromatic heterocycles. The van der Waals surface area contributed by atoms with Crippen molar-refractivity contribution < 1.29 is 23.7 Å². The highest BCUT2D eigenvalue weighted by Crippen LogP contribution is 2.35. The largest absolute Gasteiger partial charge is 0.491 e. The molecule has 1 fully saturated rings. The van der Waals surface area contributed by atoms with Crippen molar-refractivity contribution in [1.82, 2.24) is 14.9 Å². The number of benzene rings is 2. The number of ether oxygens (including phenoxy) is 4. The van der Waals surface area contributed by atoms with Crippen molar-refractivity contribution in [3.63, 3.8) is 0 Å². The third-order valence-electron chi connectivity index (χ3n) is 5.04. The first-order chi connectivity index (χ1) is 15.2. The summed E-state index contributed by atoms with van der Waals surface area (Å²) in [6.07, 6.45) is 1.52. The average Bonchev–Trinajstić information content (AvgIpc) is 3.29. The van der Waals surface area contributed by atoms with Crippen molar-refractivity contribution in [2.24, 2.45) is 0 Å². The Bertz CT molecular complexity index is 1100. The van der Waals surface area contributed by atoms with Crippen LogP contribution in [0.15, 0.2) is 53.7 Å². The van der Waals surface area contributed by atoms with Gasteiger partial charge in [-0.2, -0.15) is 0 Å². The number of rotatable bonds is 6. The van der Waals surface area contributed by atoms with Crippen molar-refractivity contribution in [3.8, 4) is 17.2 Å². The summed E-state index contributed by atoms with van der Waals surface area (Å²) in [6.45, 7) is 2.13. The predicted octanol–water partition coefficient (Wildman–Crippen LogP) is 2.76. The fourth-order valence-electron chi connectivity index (χ4n) is 3.44. The summed E-state index contributed by atoms with van der Waals surface area (Å²) in [6, 6.07) is 13.1. The smallest absolute Gasteiger partial charge is 0.233 e. The number of para-hydroxylation sites is 2. The van der Waals surface area contributed by atoms with Gasteiger partial charge in [0.15, 0.2) is 11.5 Å². The van der Waals surface area contributed by atoms with Crippen molar-refractivity contribution in [2.75, 3.05) is 38.8 Å². The van der Waals surface area contributed by atoms with E-state index in [1.165, 1.54) is 11.8 Å². The standard InChI is InChI=1S/C22H21N3O5S/c26-22(13-31-21-10-23-17-3-1-2-4-18(17)24-21)25-7-8-27-16(11-25)12-28-15-5-6-19-20(9-15)30-14-29-19/h1-6,9-10,16H,7-8,11-14H2. The van der Waals surface area contributed by atoms with Gasteiger partial charge in [-0.25, -0.2) is 4.98 Å². The van der Waals surface area contributed by atoms with Crippen LogP contribution in [-0.2, 0) is 9.53 Å². The molecule has 0 radical (unpaired) electrons. The van der Waals surface area contributed by atoms with Crippen molar-refractivity contribution >= 4 is 28.7 Å². The van der Waals surface area contributed by atoms with Gasteiger partial charge in [0.1, 0.15) is 23.5 Å². The molecule has 1 saturated heterocycles. The van der Waals surface area contributed by atoms with E-state index in [-0.39, 0.29) is 18.8 Å². The summed E-state index contributed by atoms with van der Waals surface area (Å²) in [5, 5.41) is 0.739. The highest BCUT2D eigenvalue weighted by Gasteiger charge is 2.25. The molecule has 5 rings (SSSR count). The molecular weight excluding hydrogens is 418 g/mol. The van der Waals surface area contributed by atoms with E-state index in [0.717, 1.165) is 16.1 Å². The fraction of sp³-hybridized carbons (Fsp3) is 0.318. The molecule has 3 heterocycles. The van der Waals surface area contributed by atoms with Gasteiger partial charge in [-0.15, -0.1) is 0 Å². The molecule has 1 unspecified atom stereocenters. The fourth-order valence-corrected chi connectivity index (χ4v) is 4.18. The molecule has 2 aliphatic heterocycles. The summed E-state index contributed by atoms with van der Waals surface area (Å²) in [7, 11) is 0. The van der Waals surface area contributed by atoms with E-state index in [2.05, 4.69) is 9.97 Å². The number of aromatic nitrogens is 2. The van der Waals surface area contributed by atoms with Crippen molar-refractivity contribution in [3.05, 3.63) is 48.7 Å². The van der Waals surface area contributed by atoms with Gasteiger partial charge in [0.2, 0.25) is 12.7 Å². The molecule has 31 heavy (non-hydrogen) atoms. The normalized spacial score (nSPS) is 17.7. The van der Waals surface area contributed by atoms with Gasteiger partial charge in [0.05, 0.1) is 36.1 Å². The lowest BCUT2D eigenvalue weighted by Gasteiger charge is -2.32. The zero-order valence-electron chi connectivity index (χ0n) is 16.7. The maximum Gasteiger partial charge on any atom is 0.233 e. The Hall–Kier alpha value is -3.04. The van der Waals surface area contributed by atoms with Gasteiger partial charge >= 0.3 is 0 Å². The van der Waals surface area contributed by atoms with Crippen molar-refractivity contribution in [1.29, 1.82) is 0 Å². The third-order valence-corrected chi connectivity index (χ3v) is 5.93. The molecule has 160 valence electrons. The molecular formula is C22H21N3O5S. The first kappa shape index (κ1) is 19.9. The molecule has 2 aromatic carbocycles. The monoisotopic (exact) mass is 439 g/mol. The number of thioether (sulfide) groups is 1. The highest BCUT2D eigenvalue weighted by atomic mass is 32.2. The average molecular weight is 439 g/mol. The Labute approximate surface area is 183 Å². The first-order valence-corrected chi connectivity index (χ1v) is 11.0. The summed E-state index contributed by atoms with van der Waals surface area (Å²) >= 11 is 1.40. The zero-order valence-corrected chi connectivity index (χ0v) is 17.5. The number of amides is 1. The van der Waals surface area contributed by atoms with Crippen LogP contribution in [-0.4, -0.2) is 65.7 Å². The molecule has 0 aliphatic carbocycles. The number of carbonyl (C=O) groups is 1. The van der Waals surface area contributed by atoms with E-state index < -0.39 is 0 Å². The van der Waals surface area contributed by atoms with E-state index in [9.17, 15) is 4.79 Å². The van der Waals surface area contributed by atoms with Gasteiger partial charge in [-0.05, 0) is 24.3 Å². The molecule has 2 aliphatic rings. The van der Waals surface area contributed by atoms with Gasteiger partial charge in [-0.3, -0.25) is 9.78 Å². The quantitative estimate of drug-likeness (QED) is 0.543. The van der Waals surface area contributed by atoms with E-state index in [4.69, 9.17) is 18.9 Å². The third kappa shape index (κ3) is 4.67. The van der Waals surface area contributed by atoms with Gasteiger partial charge < -0.3 is 23.8 Å². The van der Waals surface area contributed by atoms with Crippen molar-refractivity contribution in [2.45, 2.75) is 11.1 Å². The SMILES string of the molecule is O=C(CSc1cnc2ccccc2n1)N1CCOC(COc2ccc3c(c2)OCO3)C1. The number of hydrogen-bond donors (Lipinski definition) is 0. The summed E-state index contributed by atoms with van der Waals surface area (Å²) in [5.74, 6) is 2.43. The lowest BCUT2D eigenvalue weighted by molar-refractivity contribution is -0.137. The second-order valence-electron chi connectivity index (χ2n) is 7.14. The van der Waals surface area contributed by atoms with Crippen LogP contribution in [0.1, 0.15) is 0 Å². The summed E-state index contributed by atoms with van der Waals surface area (Å²) in [5.41, 5.74) is 1.67. The summed E-state index contributed by atoms with van der Waals surface area (Å²) < 4.78 is 22.3. The molecule has 0 N–H and O–H groups in total. The number of carbonyl (C=O) groups excluding carboxylic acids is 1. The molecule has 0 saturated carbocycles. The minimum absolute atomic E-state index is 0.0522. The second-order valence-corrected chi connectivity index (χ2v) is 8.14. The number of fused-ring (bicyclic) bond motifs is 2. The van der Waals surface area contributed by atoms with Crippen LogP contribution in [0.2, 0.25) is 0 Å². The van der Waals surface area contributed by atoms with Crippen LogP contribution >= 0.6 is 11.8 Å². The molecule has 0 bridgehead atoms. The lowest BCUT2D eigenvalue weighted by Crippen LogP contribution is -2.48. The van der Waals surface area contributed by atoms with Crippen LogP contribution in [0.4, 0.5) is 0 Å².